The number of rotatable bonds is 2. The summed E-state index contributed by atoms with van der Waals surface area (Å²) >= 11 is 5.02. The second-order valence-corrected chi connectivity index (χ2v) is 5.30. The fourth-order valence-corrected chi connectivity index (χ4v) is 2.95. The molecule has 0 fully saturated rings. The summed E-state index contributed by atoms with van der Waals surface area (Å²) in [7, 11) is 0. The van der Waals surface area contributed by atoms with Gasteiger partial charge < -0.3 is 4.42 Å². The van der Waals surface area contributed by atoms with E-state index in [1.165, 1.54) is 0 Å². The predicted octanol–water partition coefficient (Wildman–Crippen LogP) is 4.42. The summed E-state index contributed by atoms with van der Waals surface area (Å²) in [5, 5.41) is 5.75. The lowest BCUT2D eigenvalue weighted by molar-refractivity contribution is 0.561. The Kier molecular flexibility index (Phi) is 3.06. The van der Waals surface area contributed by atoms with E-state index in [9.17, 15) is 4.79 Å². The largest absolute Gasteiger partial charge is 0.423 e. The van der Waals surface area contributed by atoms with Crippen LogP contribution < -0.4 is 5.63 Å². The van der Waals surface area contributed by atoms with Crippen molar-refractivity contribution >= 4 is 38.2 Å². The smallest absolute Gasteiger partial charge is 0.336 e. The Morgan fingerprint density at radius 2 is 2.11 bits per heavy atom. The zero-order valence-corrected chi connectivity index (χ0v) is 11.8. The van der Waals surface area contributed by atoms with Crippen LogP contribution in [0, 0.1) is 0 Å². The van der Waals surface area contributed by atoms with Crippen molar-refractivity contribution in [3.05, 3.63) is 57.1 Å². The molecule has 0 bridgehead atoms. The van der Waals surface area contributed by atoms with Crippen LogP contribution in [-0.2, 0) is 5.33 Å². The van der Waals surface area contributed by atoms with Gasteiger partial charge in [-0.2, -0.15) is 11.3 Å². The molecule has 0 saturated heterocycles. The molecule has 18 heavy (non-hydrogen) atoms. The molecule has 0 aliphatic carbocycles. The van der Waals surface area contributed by atoms with Crippen LogP contribution in [0.5, 0.6) is 0 Å². The maximum absolute atomic E-state index is 11.6. The molecular weight excluding hydrogens is 312 g/mol. The van der Waals surface area contributed by atoms with Crippen LogP contribution >= 0.6 is 27.3 Å². The van der Waals surface area contributed by atoms with E-state index in [2.05, 4.69) is 15.9 Å². The summed E-state index contributed by atoms with van der Waals surface area (Å²) < 4.78 is 5.27. The first-order valence-corrected chi connectivity index (χ1v) is 7.49. The van der Waals surface area contributed by atoms with Gasteiger partial charge in [0, 0.05) is 22.3 Å². The van der Waals surface area contributed by atoms with Crippen LogP contribution in [0.15, 0.2) is 50.3 Å². The average molecular weight is 321 g/mol. The second kappa shape index (κ2) is 4.71. The number of alkyl halides is 1. The number of fused-ring (bicyclic) bond motifs is 1. The van der Waals surface area contributed by atoms with E-state index < -0.39 is 0 Å². The van der Waals surface area contributed by atoms with Gasteiger partial charge in [0.05, 0.1) is 0 Å². The first-order chi connectivity index (χ1) is 8.78. The van der Waals surface area contributed by atoms with Gasteiger partial charge in [-0.1, -0.05) is 28.1 Å². The summed E-state index contributed by atoms with van der Waals surface area (Å²) in [6, 6.07) is 9.51. The highest BCUT2D eigenvalue weighted by molar-refractivity contribution is 9.08. The molecule has 1 aromatic carbocycles. The third kappa shape index (κ3) is 2.02. The predicted molar refractivity (Wildman–Crippen MR) is 78.4 cm³/mol. The van der Waals surface area contributed by atoms with E-state index in [0.717, 1.165) is 27.4 Å². The average Bonchev–Trinajstić information content (AvgIpc) is 2.90. The molecule has 0 unspecified atom stereocenters. The molecule has 2 nitrogen and oxygen atoms in total. The molecule has 2 heterocycles. The molecule has 0 amide bonds. The Hall–Kier alpha value is -1.39. The van der Waals surface area contributed by atoms with Crippen molar-refractivity contribution in [2.45, 2.75) is 5.33 Å². The summed E-state index contributed by atoms with van der Waals surface area (Å²) in [6.07, 6.45) is 0. The molecule has 0 spiro atoms. The van der Waals surface area contributed by atoms with Crippen molar-refractivity contribution in [2.75, 3.05) is 0 Å². The van der Waals surface area contributed by atoms with Gasteiger partial charge in [-0.3, -0.25) is 0 Å². The van der Waals surface area contributed by atoms with Gasteiger partial charge in [0.25, 0.3) is 0 Å². The summed E-state index contributed by atoms with van der Waals surface area (Å²) in [4.78, 5) is 11.6. The van der Waals surface area contributed by atoms with E-state index in [1.807, 2.05) is 35.0 Å². The molecule has 3 aromatic rings. The van der Waals surface area contributed by atoms with Crippen molar-refractivity contribution in [3.8, 4) is 11.1 Å². The Morgan fingerprint density at radius 1 is 1.22 bits per heavy atom. The fourth-order valence-electron chi connectivity index (χ4n) is 1.95. The summed E-state index contributed by atoms with van der Waals surface area (Å²) in [5.74, 6) is 0. The topological polar surface area (TPSA) is 30.2 Å². The number of halogens is 1. The Morgan fingerprint density at radius 3 is 2.83 bits per heavy atom. The molecular formula is C14H9BrO2S. The molecule has 0 aliphatic rings. The van der Waals surface area contributed by atoms with E-state index in [0.29, 0.717) is 5.58 Å². The molecule has 0 radical (unpaired) electrons. The van der Waals surface area contributed by atoms with Gasteiger partial charge in [0.15, 0.2) is 0 Å². The fraction of sp³-hybridized carbons (Fsp3) is 0.0714. The van der Waals surface area contributed by atoms with Crippen molar-refractivity contribution in [3.63, 3.8) is 0 Å². The monoisotopic (exact) mass is 320 g/mol. The highest BCUT2D eigenvalue weighted by Gasteiger charge is 2.08. The molecule has 90 valence electrons. The number of hydrogen-bond donors (Lipinski definition) is 0. The standard InChI is InChI=1S/C14H9BrO2S/c15-7-9-1-2-11-12(10-3-4-18-8-10)6-14(16)17-13(11)5-9/h1-6,8H,7H2. The van der Waals surface area contributed by atoms with Crippen LogP contribution in [0.25, 0.3) is 22.1 Å². The highest BCUT2D eigenvalue weighted by atomic mass is 79.9. The van der Waals surface area contributed by atoms with Crippen LogP contribution in [0.2, 0.25) is 0 Å². The summed E-state index contributed by atoms with van der Waals surface area (Å²) in [5.41, 5.74) is 3.41. The third-order valence-electron chi connectivity index (χ3n) is 2.80. The van der Waals surface area contributed by atoms with E-state index in [-0.39, 0.29) is 5.63 Å². The lowest BCUT2D eigenvalue weighted by Crippen LogP contribution is -1.98. The highest BCUT2D eigenvalue weighted by Crippen LogP contribution is 2.29. The molecule has 0 atom stereocenters. The van der Waals surface area contributed by atoms with Gasteiger partial charge in [0.2, 0.25) is 0 Å². The Bertz CT molecular complexity index is 744. The Balaban J connectivity index is 2.35. The number of benzene rings is 1. The van der Waals surface area contributed by atoms with Crippen LogP contribution in [0.3, 0.4) is 0 Å². The lowest BCUT2D eigenvalue weighted by atomic mass is 10.0. The molecule has 4 heteroatoms. The van der Waals surface area contributed by atoms with Crippen molar-refractivity contribution in [1.29, 1.82) is 0 Å². The molecule has 0 saturated carbocycles. The molecule has 0 aliphatic heterocycles. The minimum atomic E-state index is -0.310. The van der Waals surface area contributed by atoms with E-state index in [1.54, 1.807) is 17.4 Å². The van der Waals surface area contributed by atoms with Gasteiger partial charge in [-0.25, -0.2) is 4.79 Å². The molecule has 2 aromatic heterocycles. The normalized spacial score (nSPS) is 10.9. The Labute approximate surface area is 116 Å². The maximum Gasteiger partial charge on any atom is 0.336 e. The van der Waals surface area contributed by atoms with Crippen LogP contribution in [-0.4, -0.2) is 0 Å². The van der Waals surface area contributed by atoms with Crippen molar-refractivity contribution in [2.24, 2.45) is 0 Å². The first-order valence-electron chi connectivity index (χ1n) is 5.43. The van der Waals surface area contributed by atoms with Crippen molar-refractivity contribution in [1.82, 2.24) is 0 Å². The maximum atomic E-state index is 11.6. The number of hydrogen-bond acceptors (Lipinski definition) is 3. The quantitative estimate of drug-likeness (QED) is 0.517. The lowest BCUT2D eigenvalue weighted by Gasteiger charge is -2.04. The number of thiophene rings is 1. The van der Waals surface area contributed by atoms with Crippen LogP contribution in [0.4, 0.5) is 0 Å². The summed E-state index contributed by atoms with van der Waals surface area (Å²) in [6.45, 7) is 0. The van der Waals surface area contributed by atoms with E-state index in [4.69, 9.17) is 4.42 Å². The minimum absolute atomic E-state index is 0.310. The molecule has 3 rings (SSSR count). The van der Waals surface area contributed by atoms with Gasteiger partial charge in [-0.05, 0) is 34.0 Å². The molecule has 0 N–H and O–H groups in total. The van der Waals surface area contributed by atoms with Gasteiger partial charge in [-0.15, -0.1) is 0 Å². The van der Waals surface area contributed by atoms with Crippen molar-refractivity contribution < 1.29 is 4.42 Å². The SMILES string of the molecule is O=c1cc(-c2ccsc2)c2ccc(CBr)cc2o1. The zero-order chi connectivity index (χ0) is 12.5. The van der Waals surface area contributed by atoms with Gasteiger partial charge >= 0.3 is 5.63 Å². The van der Waals surface area contributed by atoms with Gasteiger partial charge in [0.1, 0.15) is 5.58 Å². The third-order valence-corrected chi connectivity index (χ3v) is 4.13. The zero-order valence-electron chi connectivity index (χ0n) is 9.35. The first kappa shape index (κ1) is 11.7. The van der Waals surface area contributed by atoms with E-state index >= 15 is 0 Å². The van der Waals surface area contributed by atoms with Crippen LogP contribution in [0.1, 0.15) is 5.56 Å². The second-order valence-electron chi connectivity index (χ2n) is 3.96. The minimum Gasteiger partial charge on any atom is -0.423 e.